The summed E-state index contributed by atoms with van der Waals surface area (Å²) in [6.45, 7) is 0. The SMILES string of the molecule is c1ccc(-c2ccc(-c3ccc(N(c4ccc(-c5ccc6c(c5)sc5ccccc56)cc4)c4ccc(-c5ccc6c7ccc8ccccc8c7n(-c7ccccc7)c6c5)cc4)cc3)cc2)cc1. The van der Waals surface area contributed by atoms with E-state index in [-0.39, 0.29) is 0 Å². The van der Waals surface area contributed by atoms with E-state index in [4.69, 9.17) is 0 Å². The second-order valence-corrected chi connectivity index (χ2v) is 18.4. The molecule has 0 aliphatic carbocycles. The summed E-state index contributed by atoms with van der Waals surface area (Å²) in [4.78, 5) is 2.37. The van der Waals surface area contributed by atoms with E-state index in [2.05, 4.69) is 264 Å². The quantitative estimate of drug-likeness (QED) is 0.148. The second-order valence-electron chi connectivity index (χ2n) is 17.3. The van der Waals surface area contributed by atoms with E-state index in [1.165, 1.54) is 97.3 Å². The molecule has 11 aromatic carbocycles. The van der Waals surface area contributed by atoms with Gasteiger partial charge in [0.15, 0.2) is 0 Å². The first kappa shape index (κ1) is 38.9. The van der Waals surface area contributed by atoms with Crippen molar-refractivity contribution in [3.8, 4) is 50.2 Å². The predicted molar refractivity (Wildman–Crippen MR) is 288 cm³/mol. The number of para-hydroxylation sites is 1. The molecule has 67 heavy (non-hydrogen) atoms. The second kappa shape index (κ2) is 16.2. The number of nitrogens with zero attached hydrogens (tertiary/aromatic N) is 2. The molecule has 13 aromatic rings. The molecule has 0 amide bonds. The Bertz CT molecular complexity index is 3920. The molecule has 3 heteroatoms. The number of fused-ring (bicyclic) bond motifs is 8. The number of rotatable bonds is 8. The van der Waals surface area contributed by atoms with E-state index in [9.17, 15) is 0 Å². The van der Waals surface area contributed by atoms with Gasteiger partial charge in [-0.25, -0.2) is 0 Å². The van der Waals surface area contributed by atoms with Crippen LogP contribution in [-0.4, -0.2) is 4.57 Å². The van der Waals surface area contributed by atoms with Crippen molar-refractivity contribution in [2.24, 2.45) is 0 Å². The highest BCUT2D eigenvalue weighted by molar-refractivity contribution is 7.25. The maximum absolute atomic E-state index is 2.44. The summed E-state index contributed by atoms with van der Waals surface area (Å²) in [5, 5.41) is 7.65. The van der Waals surface area contributed by atoms with Crippen molar-refractivity contribution in [2.45, 2.75) is 0 Å². The van der Waals surface area contributed by atoms with Crippen LogP contribution in [0.5, 0.6) is 0 Å². The molecule has 0 N–H and O–H groups in total. The molecule has 2 nitrogen and oxygen atoms in total. The number of benzene rings is 11. The minimum Gasteiger partial charge on any atom is -0.311 e. The summed E-state index contributed by atoms with van der Waals surface area (Å²) in [6, 6.07) is 93.1. The molecule has 0 saturated carbocycles. The monoisotopic (exact) mass is 870 g/mol. The first-order chi connectivity index (χ1) is 33.2. The van der Waals surface area contributed by atoms with E-state index in [1.54, 1.807) is 0 Å². The standard InChI is InChI=1S/C64H42N2S/c1-3-11-43(12-4-1)44-19-21-45(22-20-44)46-23-32-53(33-24-46)65(55-36-27-48(28-37-55)51-31-39-59-58-17-9-10-18-62(58)67-63(59)42-51)54-34-25-47(26-35-54)50-30-38-57-60-40-29-49-13-7-8-16-56(49)64(60)66(61(57)41-50)52-14-5-2-6-15-52/h1-42H. The van der Waals surface area contributed by atoms with Crippen LogP contribution in [0.4, 0.5) is 17.1 Å². The molecule has 0 unspecified atom stereocenters. The van der Waals surface area contributed by atoms with Gasteiger partial charge in [-0.3, -0.25) is 0 Å². The smallest absolute Gasteiger partial charge is 0.0619 e. The van der Waals surface area contributed by atoms with Crippen LogP contribution in [0.3, 0.4) is 0 Å². The summed E-state index contributed by atoms with van der Waals surface area (Å²) in [5.41, 5.74) is 16.5. The molecule has 0 aliphatic heterocycles. The van der Waals surface area contributed by atoms with E-state index in [0.29, 0.717) is 0 Å². The van der Waals surface area contributed by atoms with Crippen LogP contribution in [0, 0.1) is 0 Å². The van der Waals surface area contributed by atoms with E-state index in [0.717, 1.165) is 22.7 Å². The number of thiophene rings is 1. The van der Waals surface area contributed by atoms with E-state index in [1.807, 2.05) is 11.3 Å². The zero-order valence-electron chi connectivity index (χ0n) is 36.6. The van der Waals surface area contributed by atoms with Crippen LogP contribution in [0.25, 0.3) is 103 Å². The fourth-order valence-electron chi connectivity index (χ4n) is 10.1. The molecule has 2 aromatic heterocycles. The number of hydrogen-bond donors (Lipinski definition) is 0. The van der Waals surface area contributed by atoms with Crippen molar-refractivity contribution in [1.29, 1.82) is 0 Å². The van der Waals surface area contributed by atoms with Gasteiger partial charge in [0.1, 0.15) is 0 Å². The van der Waals surface area contributed by atoms with E-state index >= 15 is 0 Å². The van der Waals surface area contributed by atoms with Gasteiger partial charge in [0.05, 0.1) is 11.0 Å². The van der Waals surface area contributed by atoms with Crippen LogP contribution < -0.4 is 4.90 Å². The van der Waals surface area contributed by atoms with Crippen molar-refractivity contribution >= 4 is 81.1 Å². The van der Waals surface area contributed by atoms with Crippen LogP contribution in [-0.2, 0) is 0 Å². The summed E-state index contributed by atoms with van der Waals surface area (Å²) in [5.74, 6) is 0. The Morgan fingerprint density at radius 1 is 0.284 bits per heavy atom. The largest absolute Gasteiger partial charge is 0.311 e. The Morgan fingerprint density at radius 3 is 1.34 bits per heavy atom. The normalized spacial score (nSPS) is 11.6. The molecule has 0 saturated heterocycles. The molecule has 13 rings (SSSR count). The Kier molecular flexibility index (Phi) is 9.40. The van der Waals surface area contributed by atoms with E-state index < -0.39 is 0 Å². The van der Waals surface area contributed by atoms with Crippen LogP contribution in [0.15, 0.2) is 255 Å². The van der Waals surface area contributed by atoms with Gasteiger partial charge >= 0.3 is 0 Å². The maximum Gasteiger partial charge on any atom is 0.0619 e. The Hall–Kier alpha value is -8.50. The van der Waals surface area contributed by atoms with Gasteiger partial charge in [0, 0.05) is 59.1 Å². The molecule has 2 heterocycles. The molecule has 0 radical (unpaired) electrons. The minimum atomic E-state index is 1.09. The lowest BCUT2D eigenvalue weighted by atomic mass is 9.99. The van der Waals surface area contributed by atoms with Gasteiger partial charge in [-0.15, -0.1) is 11.3 Å². The zero-order valence-corrected chi connectivity index (χ0v) is 37.4. The fourth-order valence-corrected chi connectivity index (χ4v) is 11.2. The lowest BCUT2D eigenvalue weighted by Gasteiger charge is -2.26. The van der Waals surface area contributed by atoms with Gasteiger partial charge in [0.2, 0.25) is 0 Å². The lowest BCUT2D eigenvalue weighted by molar-refractivity contribution is 1.19. The molecular formula is C64H42N2S. The van der Waals surface area contributed by atoms with Crippen LogP contribution in [0.2, 0.25) is 0 Å². The Labute approximate surface area is 393 Å². The summed E-state index contributed by atoms with van der Waals surface area (Å²) >= 11 is 1.86. The first-order valence-electron chi connectivity index (χ1n) is 22.9. The predicted octanol–water partition coefficient (Wildman–Crippen LogP) is 18.4. The third kappa shape index (κ3) is 6.88. The summed E-state index contributed by atoms with van der Waals surface area (Å²) < 4.78 is 5.08. The van der Waals surface area contributed by atoms with Gasteiger partial charge in [0.25, 0.3) is 0 Å². The number of anilines is 3. The Morgan fingerprint density at radius 2 is 0.716 bits per heavy atom. The number of aromatic nitrogens is 1. The van der Waals surface area contributed by atoms with Crippen molar-refractivity contribution < 1.29 is 0 Å². The van der Waals surface area contributed by atoms with Crippen molar-refractivity contribution in [1.82, 2.24) is 4.57 Å². The average Bonchev–Trinajstić information content (AvgIpc) is 3.95. The van der Waals surface area contributed by atoms with Crippen LogP contribution in [0.1, 0.15) is 0 Å². The molecule has 0 bridgehead atoms. The molecular weight excluding hydrogens is 829 g/mol. The van der Waals surface area contributed by atoms with Crippen molar-refractivity contribution in [3.63, 3.8) is 0 Å². The van der Waals surface area contributed by atoms with Crippen molar-refractivity contribution in [3.05, 3.63) is 255 Å². The van der Waals surface area contributed by atoms with Gasteiger partial charge in [-0.2, -0.15) is 0 Å². The zero-order chi connectivity index (χ0) is 44.3. The van der Waals surface area contributed by atoms with Gasteiger partial charge < -0.3 is 9.47 Å². The summed E-state index contributed by atoms with van der Waals surface area (Å²) in [7, 11) is 0. The third-order valence-electron chi connectivity index (χ3n) is 13.4. The van der Waals surface area contributed by atoms with Crippen molar-refractivity contribution in [2.75, 3.05) is 4.90 Å². The maximum atomic E-state index is 2.44. The molecule has 0 spiro atoms. The first-order valence-corrected chi connectivity index (χ1v) is 23.7. The van der Waals surface area contributed by atoms with Crippen LogP contribution >= 0.6 is 11.3 Å². The Balaban J connectivity index is 0.879. The average molecular weight is 871 g/mol. The van der Waals surface area contributed by atoms with Gasteiger partial charge in [-0.05, 0) is 117 Å². The molecule has 0 aliphatic rings. The fraction of sp³-hybridized carbons (Fsp3) is 0. The third-order valence-corrected chi connectivity index (χ3v) is 14.5. The highest BCUT2D eigenvalue weighted by atomic mass is 32.1. The topological polar surface area (TPSA) is 8.17 Å². The molecule has 0 atom stereocenters. The highest BCUT2D eigenvalue weighted by Crippen LogP contribution is 2.42. The molecule has 314 valence electrons. The molecule has 0 fully saturated rings. The van der Waals surface area contributed by atoms with Gasteiger partial charge in [-0.1, -0.05) is 188 Å². The lowest BCUT2D eigenvalue weighted by Crippen LogP contribution is -2.09. The minimum absolute atomic E-state index is 1.09. The highest BCUT2D eigenvalue weighted by Gasteiger charge is 2.18. The summed E-state index contributed by atoms with van der Waals surface area (Å²) in [6.07, 6.45) is 0. The number of hydrogen-bond acceptors (Lipinski definition) is 2.